The minimum absolute atomic E-state index is 0.144. The van der Waals surface area contributed by atoms with Crippen LogP contribution in [-0.4, -0.2) is 66.5 Å². The molecule has 2 aliphatic heterocycles. The molecule has 1 saturated heterocycles. The fourth-order valence-corrected chi connectivity index (χ4v) is 4.86. The zero-order valence-electron chi connectivity index (χ0n) is 19.7. The van der Waals surface area contributed by atoms with E-state index in [1.54, 1.807) is 0 Å². The lowest BCUT2D eigenvalue weighted by atomic mass is 9.95. The molecule has 5 nitrogen and oxygen atoms in total. The van der Waals surface area contributed by atoms with Gasteiger partial charge >= 0.3 is 0 Å². The second kappa shape index (κ2) is 10.1. The Labute approximate surface area is 183 Å². The summed E-state index contributed by atoms with van der Waals surface area (Å²) < 4.78 is 6.03. The summed E-state index contributed by atoms with van der Waals surface area (Å²) in [6.07, 6.45) is 2.12. The number of rotatable bonds is 6. The second-order valence-corrected chi connectivity index (χ2v) is 10.1. The zero-order chi connectivity index (χ0) is 21.7. The first-order valence-corrected chi connectivity index (χ1v) is 11.8. The Balaban J connectivity index is 1.65. The van der Waals surface area contributed by atoms with Gasteiger partial charge in [0.05, 0.1) is 5.92 Å². The Morgan fingerprint density at radius 3 is 2.63 bits per heavy atom. The number of likely N-dealkylation sites (tertiary alicyclic amines) is 1. The van der Waals surface area contributed by atoms with E-state index in [9.17, 15) is 4.79 Å². The first-order valence-electron chi connectivity index (χ1n) is 11.8. The molecule has 5 heteroatoms. The number of amides is 1. The predicted molar refractivity (Wildman–Crippen MR) is 123 cm³/mol. The summed E-state index contributed by atoms with van der Waals surface area (Å²) >= 11 is 0. The van der Waals surface area contributed by atoms with E-state index in [1.807, 2.05) is 4.90 Å². The monoisotopic (exact) mass is 415 g/mol. The van der Waals surface area contributed by atoms with Gasteiger partial charge in [0.1, 0.15) is 12.4 Å². The quantitative estimate of drug-likeness (QED) is 0.703. The van der Waals surface area contributed by atoms with Crippen molar-refractivity contribution in [1.29, 1.82) is 0 Å². The van der Waals surface area contributed by atoms with Gasteiger partial charge in [-0.25, -0.2) is 0 Å². The highest BCUT2D eigenvalue weighted by Crippen LogP contribution is 2.28. The van der Waals surface area contributed by atoms with Gasteiger partial charge in [-0.05, 0) is 56.3 Å². The average molecular weight is 416 g/mol. The number of nitrogens with zero attached hydrogens (tertiary/aromatic N) is 3. The van der Waals surface area contributed by atoms with Gasteiger partial charge in [0, 0.05) is 51.4 Å². The van der Waals surface area contributed by atoms with Crippen LogP contribution in [0.1, 0.15) is 58.6 Å². The third kappa shape index (κ3) is 6.21. The van der Waals surface area contributed by atoms with Crippen LogP contribution in [0.25, 0.3) is 0 Å². The van der Waals surface area contributed by atoms with Crippen LogP contribution in [-0.2, 0) is 17.9 Å². The van der Waals surface area contributed by atoms with Crippen molar-refractivity contribution in [2.75, 3.05) is 45.9 Å². The van der Waals surface area contributed by atoms with Gasteiger partial charge in [0.15, 0.2) is 0 Å². The van der Waals surface area contributed by atoms with E-state index < -0.39 is 0 Å². The Morgan fingerprint density at radius 1 is 1.17 bits per heavy atom. The minimum atomic E-state index is 0.144. The maximum Gasteiger partial charge on any atom is 0.226 e. The van der Waals surface area contributed by atoms with Gasteiger partial charge in [0.2, 0.25) is 5.91 Å². The van der Waals surface area contributed by atoms with E-state index in [0.717, 1.165) is 77.6 Å². The van der Waals surface area contributed by atoms with Crippen molar-refractivity contribution in [3.8, 4) is 5.75 Å². The SMILES string of the molecule is CCN(CC)C(=O)C1CCCN(Cc2ccc3c(c2)CN(CC(C)(C)C)CCO3)C1. The molecule has 1 fully saturated rings. The van der Waals surface area contributed by atoms with Gasteiger partial charge in [0.25, 0.3) is 0 Å². The number of carbonyl (C=O) groups is 1. The first kappa shape index (κ1) is 23.1. The van der Waals surface area contributed by atoms with E-state index in [0.29, 0.717) is 5.91 Å². The summed E-state index contributed by atoms with van der Waals surface area (Å²) in [6.45, 7) is 19.2. The standard InChI is InChI=1S/C25H41N3O2/c1-6-28(7-2)24(29)21-9-8-12-26(17-21)16-20-10-11-23-22(15-20)18-27(13-14-30-23)19-25(3,4)5/h10-11,15,21H,6-9,12-14,16-19H2,1-5H3. The smallest absolute Gasteiger partial charge is 0.226 e. The molecule has 30 heavy (non-hydrogen) atoms. The molecule has 0 N–H and O–H groups in total. The Kier molecular flexibility index (Phi) is 7.81. The molecule has 0 radical (unpaired) electrons. The third-order valence-corrected chi connectivity index (χ3v) is 6.22. The van der Waals surface area contributed by atoms with Crippen molar-refractivity contribution in [2.24, 2.45) is 11.3 Å². The zero-order valence-corrected chi connectivity index (χ0v) is 19.7. The molecule has 0 spiro atoms. The van der Waals surface area contributed by atoms with Crippen LogP contribution >= 0.6 is 0 Å². The van der Waals surface area contributed by atoms with E-state index >= 15 is 0 Å². The van der Waals surface area contributed by atoms with Crippen LogP contribution < -0.4 is 4.74 Å². The lowest BCUT2D eigenvalue weighted by Crippen LogP contribution is -2.44. The molecule has 1 atom stereocenters. The molecule has 168 valence electrons. The third-order valence-electron chi connectivity index (χ3n) is 6.22. The highest BCUT2D eigenvalue weighted by molar-refractivity contribution is 5.79. The highest BCUT2D eigenvalue weighted by atomic mass is 16.5. The van der Waals surface area contributed by atoms with Crippen LogP contribution in [0.3, 0.4) is 0 Å². The van der Waals surface area contributed by atoms with Crippen molar-refractivity contribution < 1.29 is 9.53 Å². The summed E-state index contributed by atoms with van der Waals surface area (Å²) in [5, 5.41) is 0. The summed E-state index contributed by atoms with van der Waals surface area (Å²) in [5.41, 5.74) is 2.90. The number of hydrogen-bond donors (Lipinski definition) is 0. The topological polar surface area (TPSA) is 36.0 Å². The number of fused-ring (bicyclic) bond motifs is 1. The van der Waals surface area contributed by atoms with E-state index in [1.165, 1.54) is 11.1 Å². The highest BCUT2D eigenvalue weighted by Gasteiger charge is 2.28. The molecule has 0 saturated carbocycles. The summed E-state index contributed by atoms with van der Waals surface area (Å²) in [5.74, 6) is 1.51. The van der Waals surface area contributed by atoms with Crippen LogP contribution in [0.4, 0.5) is 0 Å². The van der Waals surface area contributed by atoms with Crippen molar-refractivity contribution in [3.63, 3.8) is 0 Å². The van der Waals surface area contributed by atoms with Gasteiger partial charge in [-0.2, -0.15) is 0 Å². The summed E-state index contributed by atoms with van der Waals surface area (Å²) in [6, 6.07) is 6.67. The predicted octanol–water partition coefficient (Wildman–Crippen LogP) is 4.01. The second-order valence-electron chi connectivity index (χ2n) is 10.1. The van der Waals surface area contributed by atoms with Crippen LogP contribution in [0.15, 0.2) is 18.2 Å². The van der Waals surface area contributed by atoms with Crippen LogP contribution in [0.5, 0.6) is 5.75 Å². The average Bonchev–Trinajstić information content (AvgIpc) is 2.88. The maximum atomic E-state index is 12.8. The molecule has 2 aliphatic rings. The Bertz CT molecular complexity index is 709. The molecule has 1 aromatic carbocycles. The molecule has 1 amide bonds. The molecule has 0 aromatic heterocycles. The number of hydrogen-bond acceptors (Lipinski definition) is 4. The number of ether oxygens (including phenoxy) is 1. The lowest BCUT2D eigenvalue weighted by Gasteiger charge is -2.34. The fraction of sp³-hybridized carbons (Fsp3) is 0.720. The Hall–Kier alpha value is -1.59. The van der Waals surface area contributed by atoms with Gasteiger partial charge < -0.3 is 9.64 Å². The summed E-state index contributed by atoms with van der Waals surface area (Å²) in [4.78, 5) is 19.8. The molecular weight excluding hydrogens is 374 g/mol. The molecule has 0 bridgehead atoms. The minimum Gasteiger partial charge on any atom is -0.492 e. The van der Waals surface area contributed by atoms with E-state index in [-0.39, 0.29) is 11.3 Å². The van der Waals surface area contributed by atoms with Crippen molar-refractivity contribution in [3.05, 3.63) is 29.3 Å². The molecule has 2 heterocycles. The van der Waals surface area contributed by atoms with E-state index in [4.69, 9.17) is 4.74 Å². The molecular formula is C25H41N3O2. The van der Waals surface area contributed by atoms with Crippen molar-refractivity contribution in [1.82, 2.24) is 14.7 Å². The number of piperidine rings is 1. The van der Waals surface area contributed by atoms with Crippen LogP contribution in [0.2, 0.25) is 0 Å². The molecule has 0 aliphatic carbocycles. The Morgan fingerprint density at radius 2 is 1.93 bits per heavy atom. The molecule has 1 unspecified atom stereocenters. The number of carbonyl (C=O) groups excluding carboxylic acids is 1. The van der Waals surface area contributed by atoms with Crippen LogP contribution in [0, 0.1) is 11.3 Å². The van der Waals surface area contributed by atoms with Gasteiger partial charge in [-0.1, -0.05) is 26.8 Å². The summed E-state index contributed by atoms with van der Waals surface area (Å²) in [7, 11) is 0. The van der Waals surface area contributed by atoms with Crippen molar-refractivity contribution >= 4 is 5.91 Å². The molecule has 1 aromatic rings. The maximum absolute atomic E-state index is 12.8. The lowest BCUT2D eigenvalue weighted by molar-refractivity contribution is -0.137. The number of benzene rings is 1. The fourth-order valence-electron chi connectivity index (χ4n) is 4.86. The largest absolute Gasteiger partial charge is 0.492 e. The molecule has 3 rings (SSSR count). The van der Waals surface area contributed by atoms with E-state index in [2.05, 4.69) is 62.6 Å². The van der Waals surface area contributed by atoms with Gasteiger partial charge in [-0.15, -0.1) is 0 Å². The van der Waals surface area contributed by atoms with Gasteiger partial charge in [-0.3, -0.25) is 14.6 Å². The normalized spacial score (nSPS) is 20.9. The van der Waals surface area contributed by atoms with Crippen molar-refractivity contribution in [2.45, 2.75) is 60.5 Å². The first-order chi connectivity index (χ1) is 14.3.